The molecule has 0 bridgehead atoms. The third-order valence-electron chi connectivity index (χ3n) is 4.55. The van der Waals surface area contributed by atoms with Gasteiger partial charge in [-0.1, -0.05) is 62.9 Å². The van der Waals surface area contributed by atoms with Gasteiger partial charge in [-0.05, 0) is 38.7 Å². The van der Waals surface area contributed by atoms with Gasteiger partial charge in [-0.25, -0.2) is 0 Å². The Morgan fingerprint density at radius 3 is 1.91 bits per heavy atom. The van der Waals surface area contributed by atoms with E-state index >= 15 is 0 Å². The van der Waals surface area contributed by atoms with Gasteiger partial charge in [-0.15, -0.1) is 0 Å². The Kier molecular flexibility index (Phi) is 6.86. The Hall–Kier alpha value is -1.30. The minimum absolute atomic E-state index is 0.279. The van der Waals surface area contributed by atoms with E-state index in [-0.39, 0.29) is 5.41 Å². The largest absolute Gasteiger partial charge is 0.384 e. The van der Waals surface area contributed by atoms with Crippen LogP contribution in [0.15, 0.2) is 30.3 Å². The van der Waals surface area contributed by atoms with Gasteiger partial charge in [0, 0.05) is 18.5 Å². The van der Waals surface area contributed by atoms with Crippen molar-refractivity contribution in [3.63, 3.8) is 0 Å². The summed E-state index contributed by atoms with van der Waals surface area (Å²) in [6.07, 6.45) is 0.449. The van der Waals surface area contributed by atoms with Gasteiger partial charge in [0.05, 0.1) is 6.54 Å². The Morgan fingerprint density at radius 1 is 0.957 bits per heavy atom. The van der Waals surface area contributed by atoms with E-state index in [1.807, 2.05) is 30.3 Å². The first kappa shape index (κ1) is 19.7. The Balaban J connectivity index is 2.92. The van der Waals surface area contributed by atoms with Gasteiger partial charge >= 0.3 is 0 Å². The van der Waals surface area contributed by atoms with Crippen molar-refractivity contribution in [1.29, 1.82) is 0 Å². The number of hydrogen-bond donors (Lipinski definition) is 1. The molecule has 1 aromatic carbocycles. The Labute approximate surface area is 142 Å². The number of rotatable bonds is 5. The first-order chi connectivity index (χ1) is 10.6. The lowest BCUT2D eigenvalue weighted by molar-refractivity contribution is -0.0599. The zero-order valence-electron chi connectivity index (χ0n) is 15.9. The van der Waals surface area contributed by atoms with Crippen LogP contribution in [0.4, 0.5) is 0 Å². The van der Waals surface area contributed by atoms with Crippen LogP contribution in [-0.4, -0.2) is 28.6 Å². The molecule has 0 fully saturated rings. The highest BCUT2D eigenvalue weighted by atomic mass is 16.3. The molecule has 0 saturated heterocycles. The smallest absolute Gasteiger partial charge is 0.105 e. The first-order valence-electron chi connectivity index (χ1n) is 8.59. The van der Waals surface area contributed by atoms with Gasteiger partial charge in [-0.3, -0.25) is 4.90 Å². The second-order valence-electron chi connectivity index (χ2n) is 7.87. The van der Waals surface area contributed by atoms with Crippen molar-refractivity contribution >= 4 is 0 Å². The predicted molar refractivity (Wildman–Crippen MR) is 99.2 cm³/mol. The van der Waals surface area contributed by atoms with Crippen molar-refractivity contribution in [3.05, 3.63) is 35.9 Å². The van der Waals surface area contributed by atoms with E-state index in [4.69, 9.17) is 0 Å². The molecule has 1 N–H and O–H groups in total. The molecule has 2 heteroatoms. The summed E-state index contributed by atoms with van der Waals surface area (Å²) >= 11 is 0. The molecule has 0 aliphatic carbocycles. The zero-order chi connectivity index (χ0) is 17.7. The SMILES string of the molecule is CC(C)N(CC#CC[C@](O)(c1ccccc1)C(C)(C)C)C(C)C. The molecule has 0 aliphatic rings. The molecule has 0 heterocycles. The maximum atomic E-state index is 11.3. The molecule has 0 unspecified atom stereocenters. The molecule has 128 valence electrons. The van der Waals surface area contributed by atoms with E-state index in [0.29, 0.717) is 18.5 Å². The summed E-state index contributed by atoms with van der Waals surface area (Å²) in [5, 5.41) is 11.3. The van der Waals surface area contributed by atoms with Crippen LogP contribution in [0.3, 0.4) is 0 Å². The number of aliphatic hydroxyl groups is 1. The average Bonchev–Trinajstić information content (AvgIpc) is 2.45. The third kappa shape index (κ3) is 5.09. The molecular formula is C21H33NO. The highest BCUT2D eigenvalue weighted by molar-refractivity contribution is 5.27. The van der Waals surface area contributed by atoms with E-state index in [1.54, 1.807) is 0 Å². The molecule has 0 amide bonds. The standard InChI is InChI=1S/C21H33NO/c1-17(2)22(18(3)4)16-12-11-15-21(23,20(5,6)7)19-13-9-8-10-14-19/h8-10,13-14,17-18,23H,15-16H2,1-7H3/t21-/m0/s1. The molecule has 2 nitrogen and oxygen atoms in total. The molecule has 1 atom stereocenters. The quantitative estimate of drug-likeness (QED) is 0.812. The molecule has 23 heavy (non-hydrogen) atoms. The maximum absolute atomic E-state index is 11.3. The van der Waals surface area contributed by atoms with Crippen LogP contribution in [-0.2, 0) is 5.60 Å². The molecular weight excluding hydrogens is 282 g/mol. The van der Waals surface area contributed by atoms with E-state index in [0.717, 1.165) is 12.1 Å². The first-order valence-corrected chi connectivity index (χ1v) is 8.59. The number of benzene rings is 1. The summed E-state index contributed by atoms with van der Waals surface area (Å²) in [5.74, 6) is 6.49. The lowest BCUT2D eigenvalue weighted by Gasteiger charge is -2.39. The molecule has 0 spiro atoms. The van der Waals surface area contributed by atoms with Crippen LogP contribution in [0.5, 0.6) is 0 Å². The lowest BCUT2D eigenvalue weighted by atomic mass is 9.70. The minimum Gasteiger partial charge on any atom is -0.384 e. The molecule has 0 aromatic heterocycles. The van der Waals surface area contributed by atoms with Crippen LogP contribution in [0.1, 0.15) is 60.5 Å². The van der Waals surface area contributed by atoms with Crippen molar-refractivity contribution in [1.82, 2.24) is 4.90 Å². The fraction of sp³-hybridized carbons (Fsp3) is 0.619. The van der Waals surface area contributed by atoms with Crippen LogP contribution >= 0.6 is 0 Å². The topological polar surface area (TPSA) is 23.5 Å². The minimum atomic E-state index is -0.943. The van der Waals surface area contributed by atoms with Gasteiger partial charge in [0.1, 0.15) is 5.60 Å². The molecule has 0 saturated carbocycles. The van der Waals surface area contributed by atoms with E-state index in [2.05, 4.69) is 65.2 Å². The molecule has 1 rings (SSSR count). The number of hydrogen-bond acceptors (Lipinski definition) is 2. The van der Waals surface area contributed by atoms with Crippen LogP contribution < -0.4 is 0 Å². The average molecular weight is 316 g/mol. The van der Waals surface area contributed by atoms with Crippen molar-refractivity contribution in [2.75, 3.05) is 6.54 Å². The molecule has 1 aromatic rings. The van der Waals surface area contributed by atoms with Gasteiger partial charge in [0.2, 0.25) is 0 Å². The number of nitrogens with zero attached hydrogens (tertiary/aromatic N) is 1. The van der Waals surface area contributed by atoms with E-state index in [9.17, 15) is 5.11 Å². The van der Waals surface area contributed by atoms with Crippen molar-refractivity contribution < 1.29 is 5.11 Å². The Morgan fingerprint density at radius 2 is 1.48 bits per heavy atom. The summed E-state index contributed by atoms with van der Waals surface area (Å²) in [4.78, 5) is 2.35. The monoisotopic (exact) mass is 315 g/mol. The van der Waals surface area contributed by atoms with Crippen molar-refractivity contribution in [3.8, 4) is 11.8 Å². The van der Waals surface area contributed by atoms with Gasteiger partial charge in [-0.2, -0.15) is 0 Å². The molecule has 0 radical (unpaired) electrons. The predicted octanol–water partition coefficient (Wildman–Crippen LogP) is 4.43. The summed E-state index contributed by atoms with van der Waals surface area (Å²) in [5.41, 5.74) is -0.285. The summed E-state index contributed by atoms with van der Waals surface area (Å²) in [6, 6.07) is 10.8. The molecule has 0 aliphatic heterocycles. The van der Waals surface area contributed by atoms with Crippen LogP contribution in [0, 0.1) is 17.3 Å². The third-order valence-corrected chi connectivity index (χ3v) is 4.55. The van der Waals surface area contributed by atoms with Crippen molar-refractivity contribution in [2.24, 2.45) is 5.41 Å². The maximum Gasteiger partial charge on any atom is 0.105 e. The van der Waals surface area contributed by atoms with E-state index < -0.39 is 5.60 Å². The van der Waals surface area contributed by atoms with Crippen molar-refractivity contribution in [2.45, 2.75) is 72.6 Å². The van der Waals surface area contributed by atoms with E-state index in [1.165, 1.54) is 0 Å². The highest BCUT2D eigenvalue weighted by Crippen LogP contribution is 2.41. The van der Waals surface area contributed by atoms with Gasteiger partial charge in [0.15, 0.2) is 0 Å². The summed E-state index contributed by atoms with van der Waals surface area (Å²) < 4.78 is 0. The van der Waals surface area contributed by atoms with Crippen LogP contribution in [0.25, 0.3) is 0 Å². The fourth-order valence-corrected chi connectivity index (χ4v) is 2.81. The summed E-state index contributed by atoms with van der Waals surface area (Å²) in [6.45, 7) is 15.7. The summed E-state index contributed by atoms with van der Waals surface area (Å²) in [7, 11) is 0. The Bertz CT molecular complexity index is 522. The zero-order valence-corrected chi connectivity index (χ0v) is 15.9. The normalized spacial score (nSPS) is 14.7. The van der Waals surface area contributed by atoms with Gasteiger partial charge in [0.25, 0.3) is 0 Å². The second kappa shape index (κ2) is 7.99. The highest BCUT2D eigenvalue weighted by Gasteiger charge is 2.40. The second-order valence-corrected chi connectivity index (χ2v) is 7.87. The van der Waals surface area contributed by atoms with Gasteiger partial charge < -0.3 is 5.11 Å². The fourth-order valence-electron chi connectivity index (χ4n) is 2.81. The van der Waals surface area contributed by atoms with Crippen LogP contribution in [0.2, 0.25) is 0 Å². The lowest BCUT2D eigenvalue weighted by Crippen LogP contribution is -2.40.